The Hall–Kier alpha value is -4.14. The number of nitrogens with one attached hydrogen (secondary N) is 3. The van der Waals surface area contributed by atoms with E-state index < -0.39 is 16.7 Å². The summed E-state index contributed by atoms with van der Waals surface area (Å²) in [6, 6.07) is 14.5. The van der Waals surface area contributed by atoms with Gasteiger partial charge in [-0.2, -0.15) is 0 Å². The van der Waals surface area contributed by atoms with E-state index in [1.54, 1.807) is 44.2 Å². The van der Waals surface area contributed by atoms with E-state index in [9.17, 15) is 19.7 Å². The van der Waals surface area contributed by atoms with Crippen LogP contribution in [-0.4, -0.2) is 16.7 Å². The van der Waals surface area contributed by atoms with E-state index in [4.69, 9.17) is 4.42 Å². The molecule has 0 unspecified atom stereocenters. The number of nitro groups is 1. The quantitative estimate of drug-likeness (QED) is 0.448. The number of carbonyl (C=O) groups is 2. The zero-order chi connectivity index (χ0) is 21.0. The topological polar surface area (TPSA) is 127 Å². The van der Waals surface area contributed by atoms with Crippen molar-refractivity contribution in [3.8, 4) is 0 Å². The first-order valence-corrected chi connectivity index (χ1v) is 8.63. The van der Waals surface area contributed by atoms with E-state index in [1.165, 1.54) is 12.1 Å². The Balaban J connectivity index is 1.73. The first-order valence-electron chi connectivity index (χ1n) is 8.63. The standard InChI is InChI=1S/C20H18N4O5/c1-12-10-16(13(2)29-12)20(26)23-22-19(25)14-8-9-17(18(11-14)24(27)28)21-15-6-4-3-5-7-15/h3-11,21H,1-2H3,(H,22,25)(H,23,26). The molecule has 1 aromatic heterocycles. The third-order valence-electron chi connectivity index (χ3n) is 4.08. The minimum Gasteiger partial charge on any atom is -0.466 e. The molecular formula is C20H18N4O5. The summed E-state index contributed by atoms with van der Waals surface area (Å²) in [4.78, 5) is 35.3. The lowest BCUT2D eigenvalue weighted by molar-refractivity contribution is -0.383. The van der Waals surface area contributed by atoms with Crippen LogP contribution in [0.2, 0.25) is 0 Å². The smallest absolute Gasteiger partial charge is 0.293 e. The van der Waals surface area contributed by atoms with Crippen LogP contribution in [0.25, 0.3) is 0 Å². The maximum atomic E-state index is 12.3. The number of rotatable bonds is 5. The van der Waals surface area contributed by atoms with Gasteiger partial charge in [0.1, 0.15) is 17.2 Å². The fourth-order valence-corrected chi connectivity index (χ4v) is 2.72. The summed E-state index contributed by atoms with van der Waals surface area (Å²) >= 11 is 0. The lowest BCUT2D eigenvalue weighted by atomic mass is 10.1. The number of amides is 2. The molecule has 29 heavy (non-hydrogen) atoms. The van der Waals surface area contributed by atoms with Crippen LogP contribution in [0, 0.1) is 24.0 Å². The van der Waals surface area contributed by atoms with Gasteiger partial charge in [-0.1, -0.05) is 18.2 Å². The Kier molecular flexibility index (Phi) is 5.59. The fraction of sp³-hybridized carbons (Fsp3) is 0.100. The number of hydrogen-bond donors (Lipinski definition) is 3. The van der Waals surface area contributed by atoms with Crippen molar-refractivity contribution in [1.82, 2.24) is 10.9 Å². The molecule has 0 saturated heterocycles. The van der Waals surface area contributed by atoms with Crippen LogP contribution in [0.15, 0.2) is 59.0 Å². The van der Waals surface area contributed by atoms with Gasteiger partial charge in [0.05, 0.1) is 10.5 Å². The molecule has 9 heteroatoms. The molecule has 1 heterocycles. The number of para-hydroxylation sites is 1. The van der Waals surface area contributed by atoms with E-state index in [2.05, 4.69) is 16.2 Å². The van der Waals surface area contributed by atoms with Crippen LogP contribution < -0.4 is 16.2 Å². The Morgan fingerprint density at radius 2 is 1.66 bits per heavy atom. The number of hydrazine groups is 1. The van der Waals surface area contributed by atoms with Gasteiger partial charge < -0.3 is 9.73 Å². The highest BCUT2D eigenvalue weighted by molar-refractivity contribution is 6.00. The molecular weight excluding hydrogens is 376 g/mol. The van der Waals surface area contributed by atoms with Gasteiger partial charge in [-0.15, -0.1) is 0 Å². The number of nitrogens with zero attached hydrogens (tertiary/aromatic N) is 1. The Bertz CT molecular complexity index is 1080. The third kappa shape index (κ3) is 4.59. The van der Waals surface area contributed by atoms with Crippen molar-refractivity contribution < 1.29 is 18.9 Å². The molecule has 0 spiro atoms. The predicted octanol–water partition coefficient (Wildman–Crippen LogP) is 3.62. The lowest BCUT2D eigenvalue weighted by Gasteiger charge is -2.10. The zero-order valence-electron chi connectivity index (χ0n) is 15.7. The first kappa shape index (κ1) is 19.6. The summed E-state index contributed by atoms with van der Waals surface area (Å²) in [6.45, 7) is 3.33. The number of benzene rings is 2. The molecule has 0 aliphatic heterocycles. The van der Waals surface area contributed by atoms with Crippen molar-refractivity contribution in [2.45, 2.75) is 13.8 Å². The Morgan fingerprint density at radius 1 is 0.966 bits per heavy atom. The highest BCUT2D eigenvalue weighted by atomic mass is 16.6. The minimum absolute atomic E-state index is 0.0238. The van der Waals surface area contributed by atoms with E-state index in [-0.39, 0.29) is 22.5 Å². The molecule has 148 valence electrons. The zero-order valence-corrected chi connectivity index (χ0v) is 15.7. The summed E-state index contributed by atoms with van der Waals surface area (Å²) < 4.78 is 5.28. The van der Waals surface area contributed by atoms with Crippen LogP contribution in [0.4, 0.5) is 17.1 Å². The number of hydrogen-bond acceptors (Lipinski definition) is 6. The van der Waals surface area contributed by atoms with Crippen molar-refractivity contribution in [2.75, 3.05) is 5.32 Å². The largest absolute Gasteiger partial charge is 0.466 e. The van der Waals surface area contributed by atoms with Crippen molar-refractivity contribution in [3.63, 3.8) is 0 Å². The molecule has 2 aromatic carbocycles. The second kappa shape index (κ2) is 8.26. The van der Waals surface area contributed by atoms with E-state index in [0.717, 1.165) is 6.07 Å². The molecule has 0 saturated carbocycles. The molecule has 9 nitrogen and oxygen atoms in total. The normalized spacial score (nSPS) is 10.3. The van der Waals surface area contributed by atoms with Crippen LogP contribution in [-0.2, 0) is 0 Å². The van der Waals surface area contributed by atoms with Crippen LogP contribution >= 0.6 is 0 Å². The van der Waals surface area contributed by atoms with Gasteiger partial charge in [-0.05, 0) is 44.2 Å². The molecule has 0 aliphatic carbocycles. The average Bonchev–Trinajstić information content (AvgIpc) is 3.05. The summed E-state index contributed by atoms with van der Waals surface area (Å²) in [6.07, 6.45) is 0. The molecule has 3 aromatic rings. The van der Waals surface area contributed by atoms with Gasteiger partial charge in [0.15, 0.2) is 0 Å². The van der Waals surface area contributed by atoms with Crippen molar-refractivity contribution >= 4 is 28.9 Å². The van der Waals surface area contributed by atoms with E-state index >= 15 is 0 Å². The third-order valence-corrected chi connectivity index (χ3v) is 4.08. The SMILES string of the molecule is Cc1cc(C(=O)NNC(=O)c2ccc(Nc3ccccc3)c([N+](=O)[O-])c2)c(C)o1. The number of carbonyl (C=O) groups excluding carboxylic acids is 2. The summed E-state index contributed by atoms with van der Waals surface area (Å²) in [5, 5.41) is 14.4. The lowest BCUT2D eigenvalue weighted by Crippen LogP contribution is -2.41. The van der Waals surface area contributed by atoms with E-state index in [0.29, 0.717) is 17.2 Å². The molecule has 0 aliphatic rings. The van der Waals surface area contributed by atoms with Gasteiger partial charge in [-0.25, -0.2) is 0 Å². The highest BCUT2D eigenvalue weighted by Gasteiger charge is 2.19. The Labute approximate surface area is 165 Å². The molecule has 0 atom stereocenters. The summed E-state index contributed by atoms with van der Waals surface area (Å²) in [7, 11) is 0. The number of nitro benzene ring substituents is 1. The number of aryl methyl sites for hydroxylation is 2. The maximum absolute atomic E-state index is 12.3. The van der Waals surface area contributed by atoms with Crippen LogP contribution in [0.5, 0.6) is 0 Å². The number of anilines is 2. The fourth-order valence-electron chi connectivity index (χ4n) is 2.72. The van der Waals surface area contributed by atoms with Crippen molar-refractivity contribution in [2.24, 2.45) is 0 Å². The predicted molar refractivity (Wildman–Crippen MR) is 106 cm³/mol. The molecule has 0 bridgehead atoms. The Morgan fingerprint density at radius 3 is 2.28 bits per heavy atom. The van der Waals surface area contributed by atoms with Gasteiger partial charge in [0, 0.05) is 17.3 Å². The van der Waals surface area contributed by atoms with Gasteiger partial charge in [-0.3, -0.25) is 30.6 Å². The maximum Gasteiger partial charge on any atom is 0.293 e. The minimum atomic E-state index is -0.689. The van der Waals surface area contributed by atoms with Gasteiger partial charge in [0.25, 0.3) is 17.5 Å². The van der Waals surface area contributed by atoms with Crippen molar-refractivity contribution in [3.05, 3.63) is 87.4 Å². The number of furan rings is 1. The van der Waals surface area contributed by atoms with Crippen molar-refractivity contribution in [1.29, 1.82) is 0 Å². The van der Waals surface area contributed by atoms with Gasteiger partial charge in [0.2, 0.25) is 0 Å². The molecule has 0 fully saturated rings. The molecule has 0 radical (unpaired) electrons. The summed E-state index contributed by atoms with van der Waals surface area (Å²) in [5.41, 5.74) is 5.47. The molecule has 3 N–H and O–H groups in total. The van der Waals surface area contributed by atoms with Gasteiger partial charge >= 0.3 is 0 Å². The van der Waals surface area contributed by atoms with Crippen LogP contribution in [0.1, 0.15) is 32.2 Å². The highest BCUT2D eigenvalue weighted by Crippen LogP contribution is 2.28. The molecule has 2 amide bonds. The molecule has 3 rings (SSSR count). The monoisotopic (exact) mass is 394 g/mol. The summed E-state index contributed by atoms with van der Waals surface area (Å²) in [5.74, 6) is -0.257. The van der Waals surface area contributed by atoms with Crippen LogP contribution in [0.3, 0.4) is 0 Å². The first-order chi connectivity index (χ1) is 13.8. The second-order valence-corrected chi connectivity index (χ2v) is 6.22. The second-order valence-electron chi connectivity index (χ2n) is 6.22. The average molecular weight is 394 g/mol. The van der Waals surface area contributed by atoms with E-state index in [1.807, 2.05) is 6.07 Å².